The zero-order chi connectivity index (χ0) is 19.2. The maximum atomic E-state index is 12.4. The zero-order valence-corrected chi connectivity index (χ0v) is 16.7. The number of rotatable bonds is 7. The van der Waals surface area contributed by atoms with Gasteiger partial charge in [0.05, 0.1) is 25.0 Å². The van der Waals surface area contributed by atoms with Crippen LogP contribution in [0.3, 0.4) is 0 Å². The van der Waals surface area contributed by atoms with Crippen molar-refractivity contribution < 1.29 is 13.2 Å². The average molecular weight is 388 g/mol. The minimum absolute atomic E-state index is 0.0182. The molecule has 0 amide bonds. The summed E-state index contributed by atoms with van der Waals surface area (Å²) in [6, 6.07) is 0. The number of hydrogen-bond donors (Lipinski definition) is 1. The Morgan fingerprint density at radius 1 is 1.35 bits per heavy atom. The molecule has 148 valence electrons. The molecule has 0 bridgehead atoms. The molecule has 0 radical (unpaired) electrons. The van der Waals surface area contributed by atoms with Crippen LogP contribution in [-0.2, 0) is 28.4 Å². The van der Waals surface area contributed by atoms with Crippen molar-refractivity contribution in [1.29, 1.82) is 0 Å². The molecule has 0 atom stereocenters. The number of piperazine rings is 1. The van der Waals surface area contributed by atoms with Crippen molar-refractivity contribution in [3.05, 3.63) is 12.2 Å². The quantitative estimate of drug-likeness (QED) is 0.485. The van der Waals surface area contributed by atoms with Crippen LogP contribution < -0.4 is 5.32 Å². The summed E-state index contributed by atoms with van der Waals surface area (Å²) in [5.74, 6) is 1.55. The number of aliphatic imine (C=N–C) groups is 1. The minimum Gasteiger partial charge on any atom is -0.378 e. The highest BCUT2D eigenvalue weighted by atomic mass is 32.2. The largest absolute Gasteiger partial charge is 0.378 e. The molecule has 0 saturated carbocycles. The SMILES string of the molecule is CN=C(NCc1ncnn1C)N1CCN(S(=O)(=O)CCOC(C)C)CC1. The van der Waals surface area contributed by atoms with Crippen molar-refractivity contribution in [3.8, 4) is 0 Å². The molecule has 0 spiro atoms. The summed E-state index contributed by atoms with van der Waals surface area (Å²) in [5.41, 5.74) is 0. The number of aromatic nitrogens is 3. The number of sulfonamides is 1. The predicted octanol–water partition coefficient (Wildman–Crippen LogP) is -0.737. The Hall–Kier alpha value is -1.72. The molecule has 1 saturated heterocycles. The van der Waals surface area contributed by atoms with Gasteiger partial charge in [0.1, 0.15) is 12.2 Å². The van der Waals surface area contributed by atoms with Crippen LogP contribution in [-0.4, -0.2) is 90.0 Å². The first kappa shape index (κ1) is 20.6. The molecule has 0 aromatic carbocycles. The summed E-state index contributed by atoms with van der Waals surface area (Å²) in [7, 11) is 0.258. The van der Waals surface area contributed by atoms with E-state index >= 15 is 0 Å². The van der Waals surface area contributed by atoms with Crippen molar-refractivity contribution in [2.24, 2.45) is 12.0 Å². The normalized spacial score (nSPS) is 17.1. The molecule has 0 unspecified atom stereocenters. The van der Waals surface area contributed by atoms with Crippen LogP contribution in [0.5, 0.6) is 0 Å². The average Bonchev–Trinajstić information content (AvgIpc) is 3.00. The van der Waals surface area contributed by atoms with Crippen LogP contribution in [0.15, 0.2) is 11.3 Å². The second kappa shape index (κ2) is 9.28. The van der Waals surface area contributed by atoms with Gasteiger partial charge in [0.15, 0.2) is 5.96 Å². The Morgan fingerprint density at radius 2 is 2.04 bits per heavy atom. The summed E-state index contributed by atoms with van der Waals surface area (Å²) >= 11 is 0. The van der Waals surface area contributed by atoms with Gasteiger partial charge < -0.3 is 15.0 Å². The predicted molar refractivity (Wildman–Crippen MR) is 99.2 cm³/mol. The second-order valence-electron chi connectivity index (χ2n) is 6.32. The van der Waals surface area contributed by atoms with E-state index in [2.05, 4.69) is 20.4 Å². The highest BCUT2D eigenvalue weighted by Gasteiger charge is 2.28. The van der Waals surface area contributed by atoms with E-state index in [1.807, 2.05) is 25.8 Å². The zero-order valence-electron chi connectivity index (χ0n) is 15.9. The van der Waals surface area contributed by atoms with E-state index in [4.69, 9.17) is 4.74 Å². The fourth-order valence-electron chi connectivity index (χ4n) is 2.67. The van der Waals surface area contributed by atoms with Crippen LogP contribution in [0, 0.1) is 0 Å². The number of guanidine groups is 1. The highest BCUT2D eigenvalue weighted by Crippen LogP contribution is 2.09. The summed E-state index contributed by atoms with van der Waals surface area (Å²) in [5, 5.41) is 7.28. The first-order valence-electron chi connectivity index (χ1n) is 8.71. The minimum atomic E-state index is -3.29. The Balaban J connectivity index is 1.83. The Labute approximate surface area is 155 Å². The van der Waals surface area contributed by atoms with Gasteiger partial charge in [-0.1, -0.05) is 0 Å². The molecule has 10 nitrogen and oxygen atoms in total. The molecule has 26 heavy (non-hydrogen) atoms. The summed E-state index contributed by atoms with van der Waals surface area (Å²) in [6.45, 7) is 6.57. The molecule has 11 heteroatoms. The smallest absolute Gasteiger partial charge is 0.216 e. The maximum absolute atomic E-state index is 12.4. The number of aryl methyl sites for hydroxylation is 1. The van der Waals surface area contributed by atoms with Gasteiger partial charge in [-0.05, 0) is 13.8 Å². The Morgan fingerprint density at radius 3 is 2.58 bits per heavy atom. The molecule has 1 aliphatic heterocycles. The van der Waals surface area contributed by atoms with Gasteiger partial charge >= 0.3 is 0 Å². The highest BCUT2D eigenvalue weighted by molar-refractivity contribution is 7.89. The third kappa shape index (κ3) is 5.64. The van der Waals surface area contributed by atoms with E-state index in [-0.39, 0.29) is 18.5 Å². The lowest BCUT2D eigenvalue weighted by Crippen LogP contribution is -2.54. The van der Waals surface area contributed by atoms with Crippen LogP contribution in [0.25, 0.3) is 0 Å². The molecule has 1 N–H and O–H groups in total. The third-order valence-corrected chi connectivity index (χ3v) is 5.98. The topological polar surface area (TPSA) is 105 Å². The van der Waals surface area contributed by atoms with Crippen LogP contribution in [0.1, 0.15) is 19.7 Å². The van der Waals surface area contributed by atoms with E-state index in [0.717, 1.165) is 11.8 Å². The van der Waals surface area contributed by atoms with Crippen LogP contribution in [0.4, 0.5) is 0 Å². The van der Waals surface area contributed by atoms with Gasteiger partial charge in [0, 0.05) is 40.3 Å². The van der Waals surface area contributed by atoms with E-state index in [1.165, 1.54) is 10.6 Å². The molecule has 1 aliphatic rings. The molecule has 2 heterocycles. The number of nitrogens with one attached hydrogen (secondary N) is 1. The lowest BCUT2D eigenvalue weighted by molar-refractivity contribution is 0.0904. The second-order valence-corrected chi connectivity index (χ2v) is 8.41. The first-order valence-corrected chi connectivity index (χ1v) is 10.3. The monoisotopic (exact) mass is 387 g/mol. The van der Waals surface area contributed by atoms with E-state index in [1.54, 1.807) is 11.7 Å². The number of hydrogen-bond acceptors (Lipinski definition) is 6. The summed E-state index contributed by atoms with van der Waals surface area (Å²) in [6.07, 6.45) is 1.54. The Bertz CT molecular complexity index is 694. The van der Waals surface area contributed by atoms with Crippen molar-refractivity contribution in [1.82, 2.24) is 29.3 Å². The summed E-state index contributed by atoms with van der Waals surface area (Å²) in [4.78, 5) is 10.5. The molecule has 1 aromatic rings. The molecule has 0 aliphatic carbocycles. The Kier molecular flexibility index (Phi) is 7.35. The van der Waals surface area contributed by atoms with Crippen LogP contribution in [0.2, 0.25) is 0 Å². The number of nitrogens with zero attached hydrogens (tertiary/aromatic N) is 6. The van der Waals surface area contributed by atoms with Gasteiger partial charge in [-0.3, -0.25) is 9.67 Å². The first-order chi connectivity index (χ1) is 12.3. The number of ether oxygens (including phenoxy) is 1. The van der Waals surface area contributed by atoms with Gasteiger partial charge in [0.25, 0.3) is 0 Å². The lowest BCUT2D eigenvalue weighted by Gasteiger charge is -2.35. The fourth-order valence-corrected chi connectivity index (χ4v) is 3.95. The van der Waals surface area contributed by atoms with Gasteiger partial charge in [-0.2, -0.15) is 9.40 Å². The molecule has 1 fully saturated rings. The van der Waals surface area contributed by atoms with E-state index in [9.17, 15) is 8.42 Å². The summed E-state index contributed by atoms with van der Waals surface area (Å²) < 4.78 is 33.4. The molecular formula is C15H29N7O3S. The third-order valence-electron chi connectivity index (χ3n) is 4.15. The molecular weight excluding hydrogens is 358 g/mol. The van der Waals surface area contributed by atoms with Crippen molar-refractivity contribution in [2.45, 2.75) is 26.5 Å². The van der Waals surface area contributed by atoms with Crippen molar-refractivity contribution >= 4 is 16.0 Å². The van der Waals surface area contributed by atoms with Crippen molar-refractivity contribution in [2.75, 3.05) is 45.6 Å². The van der Waals surface area contributed by atoms with Crippen LogP contribution >= 0.6 is 0 Å². The maximum Gasteiger partial charge on any atom is 0.216 e. The fraction of sp³-hybridized carbons (Fsp3) is 0.800. The molecule has 1 aromatic heterocycles. The standard InChI is InChI=1S/C15H29N7O3S/c1-13(2)25-9-10-26(23,24)22-7-5-21(6-8-22)15(16-3)17-11-14-18-12-19-20(14)4/h12-13H,5-11H2,1-4H3,(H,16,17). The van der Waals surface area contributed by atoms with E-state index in [0.29, 0.717) is 32.7 Å². The van der Waals surface area contributed by atoms with Gasteiger partial charge in [0.2, 0.25) is 10.0 Å². The van der Waals surface area contributed by atoms with Crippen molar-refractivity contribution in [3.63, 3.8) is 0 Å². The van der Waals surface area contributed by atoms with Gasteiger partial charge in [-0.25, -0.2) is 13.4 Å². The van der Waals surface area contributed by atoms with E-state index < -0.39 is 10.0 Å². The lowest BCUT2D eigenvalue weighted by atomic mass is 10.4. The van der Waals surface area contributed by atoms with Gasteiger partial charge in [-0.15, -0.1) is 0 Å². The molecule has 2 rings (SSSR count).